The van der Waals surface area contributed by atoms with Crippen LogP contribution in [0.4, 0.5) is 0 Å². The summed E-state index contributed by atoms with van der Waals surface area (Å²) in [4.78, 5) is 156. The molecule has 0 aromatic rings. The molecular formula is C56H100N12O13. The van der Waals surface area contributed by atoms with E-state index in [1.165, 1.54) is 0 Å². The summed E-state index contributed by atoms with van der Waals surface area (Å²) >= 11 is 0. The fraction of sp³-hybridized carbons (Fsp3) is 0.768. The Labute approximate surface area is 478 Å². The van der Waals surface area contributed by atoms with Gasteiger partial charge < -0.3 is 65.9 Å². The summed E-state index contributed by atoms with van der Waals surface area (Å²) in [6.07, 6.45) is 3.35. The predicted octanol–water partition coefficient (Wildman–Crippen LogP) is 2.05. The third kappa shape index (κ3) is 33.2. The normalized spacial score (nSPS) is 14.5. The Kier molecular flexibility index (Phi) is 39.1. The molecule has 0 radical (unpaired) electrons. The van der Waals surface area contributed by atoms with E-state index in [0.717, 1.165) is 12.8 Å². The number of carbonyl (C=O) groups excluding carboxylic acids is 9. The van der Waals surface area contributed by atoms with Crippen LogP contribution in [0.5, 0.6) is 0 Å². The Balaban J connectivity index is 6.65. The zero-order chi connectivity index (χ0) is 61.6. The van der Waals surface area contributed by atoms with Crippen molar-refractivity contribution < 1.29 is 63.0 Å². The Morgan fingerprint density at radius 3 is 1.48 bits per heavy atom. The van der Waals surface area contributed by atoms with Crippen molar-refractivity contribution >= 4 is 76.4 Å². The molecule has 0 bridgehead atoms. The second kappa shape index (κ2) is 42.5. The third-order valence-electron chi connectivity index (χ3n) is 14.4. The number of aliphatic imine (C=N–C) groups is 2. The largest absolute Gasteiger partial charge is 0.481 e. The maximum atomic E-state index is 14.3. The SMILES string of the molecule is CCCCC[C@H](CC(=O)[C@H](CCCN=C(N)N)NC(=O)[C@@H](CC(=O)CNC(=O)[C@H](CCC(=O)O)CC(=O)[C@@H](NC(=O)[C@H](CCCN=C(N)N)CC(=O)[C@H](CCC(=O)O)NC(=O)[C@@H](CC)CCCCN)C(C)CC)CC(C)C)C(=O)CN. The number of unbranched alkanes of at least 4 members (excludes halogenated alkanes) is 3. The lowest BCUT2D eigenvalue weighted by Gasteiger charge is -2.28. The summed E-state index contributed by atoms with van der Waals surface area (Å²) in [6, 6.07) is -3.54. The van der Waals surface area contributed by atoms with E-state index in [-0.39, 0.29) is 100 Å². The average Bonchev–Trinajstić information content (AvgIpc) is 3.42. The van der Waals surface area contributed by atoms with Crippen molar-refractivity contribution in [3.63, 3.8) is 0 Å². The first kappa shape index (κ1) is 74.6. The first-order valence-electron chi connectivity index (χ1n) is 29.0. The van der Waals surface area contributed by atoms with Crippen molar-refractivity contribution in [3.05, 3.63) is 0 Å². The zero-order valence-corrected chi connectivity index (χ0v) is 49.1. The lowest BCUT2D eigenvalue weighted by Crippen LogP contribution is -2.50. The number of carbonyl (C=O) groups is 11. The van der Waals surface area contributed by atoms with Crippen molar-refractivity contribution in [2.45, 2.75) is 201 Å². The summed E-state index contributed by atoms with van der Waals surface area (Å²) in [7, 11) is 0. The van der Waals surface area contributed by atoms with Crippen LogP contribution >= 0.6 is 0 Å². The van der Waals surface area contributed by atoms with E-state index in [9.17, 15) is 63.0 Å². The van der Waals surface area contributed by atoms with Crippen molar-refractivity contribution in [1.82, 2.24) is 21.3 Å². The van der Waals surface area contributed by atoms with E-state index in [1.807, 2.05) is 27.7 Å². The molecule has 0 aromatic carbocycles. The average molecular weight is 1150 g/mol. The molecule has 81 heavy (non-hydrogen) atoms. The molecule has 0 aromatic heterocycles. The van der Waals surface area contributed by atoms with Crippen molar-refractivity contribution in [3.8, 4) is 0 Å². The number of amides is 4. The lowest BCUT2D eigenvalue weighted by molar-refractivity contribution is -0.139. The Morgan fingerprint density at radius 1 is 0.481 bits per heavy atom. The molecule has 0 fully saturated rings. The fourth-order valence-corrected chi connectivity index (χ4v) is 9.43. The van der Waals surface area contributed by atoms with E-state index in [0.29, 0.717) is 57.9 Å². The summed E-state index contributed by atoms with van der Waals surface area (Å²) in [5, 5.41) is 29.9. The number of Topliss-reactive ketones (excluding diaryl/α,β-unsaturated/α-hetero) is 5. The predicted molar refractivity (Wildman–Crippen MR) is 309 cm³/mol. The van der Waals surface area contributed by atoms with Gasteiger partial charge in [-0.25, -0.2) is 0 Å². The van der Waals surface area contributed by atoms with Gasteiger partial charge in [-0.3, -0.25) is 62.7 Å². The molecule has 0 heterocycles. The van der Waals surface area contributed by atoms with E-state index < -0.39 is 139 Å². The quantitative estimate of drug-likeness (QED) is 0.0236. The third-order valence-corrected chi connectivity index (χ3v) is 14.4. The van der Waals surface area contributed by atoms with Crippen LogP contribution in [0.1, 0.15) is 183 Å². The van der Waals surface area contributed by atoms with Crippen LogP contribution in [0, 0.1) is 41.4 Å². The highest BCUT2D eigenvalue weighted by Gasteiger charge is 2.36. The molecule has 25 heteroatoms. The van der Waals surface area contributed by atoms with Gasteiger partial charge in [0.2, 0.25) is 23.6 Å². The van der Waals surface area contributed by atoms with E-state index in [4.69, 9.17) is 34.4 Å². The van der Waals surface area contributed by atoms with Crippen LogP contribution in [-0.2, 0) is 52.7 Å². The minimum atomic E-state index is -1.29. The smallest absolute Gasteiger partial charge is 0.303 e. The molecule has 0 saturated carbocycles. The second-order valence-corrected chi connectivity index (χ2v) is 21.7. The molecule has 25 nitrogen and oxygen atoms in total. The first-order chi connectivity index (χ1) is 38.2. The number of hydrogen-bond donors (Lipinski definition) is 12. The van der Waals surface area contributed by atoms with Gasteiger partial charge in [0, 0.05) is 81.2 Å². The van der Waals surface area contributed by atoms with Gasteiger partial charge in [0.15, 0.2) is 35.1 Å². The van der Waals surface area contributed by atoms with Crippen LogP contribution in [0.2, 0.25) is 0 Å². The minimum Gasteiger partial charge on any atom is -0.481 e. The number of ketones is 5. The maximum Gasteiger partial charge on any atom is 0.303 e. The molecule has 462 valence electrons. The molecule has 18 N–H and O–H groups in total. The van der Waals surface area contributed by atoms with Gasteiger partial charge in [0.05, 0.1) is 31.2 Å². The summed E-state index contributed by atoms with van der Waals surface area (Å²) in [5.74, 6) is -13.0. The van der Waals surface area contributed by atoms with Crippen LogP contribution in [0.3, 0.4) is 0 Å². The van der Waals surface area contributed by atoms with Gasteiger partial charge in [-0.1, -0.05) is 73.6 Å². The number of nitrogens with zero attached hydrogens (tertiary/aromatic N) is 2. The number of aliphatic carboxylic acids is 2. The standard InChI is InChI=1S/C56H100N12O13/c1-7-10-11-17-37(47(73)32-58)29-44(70)42(19-15-26-64-56(61)62)66-54(81)40(27-34(4)5)28-41(69)33-65-51(78)39(20-22-48(74)75)31-46(72)50(35(6)8-2)68-53(80)38(18-14-25-63-55(59)60)30-45(71)43(21-23-49(76)77)67-52(79)36(9-3)16-12-13-24-57/h34-40,42-43,50H,7-33,57-58H2,1-6H3,(H,65,78)(H,66,81)(H,67,79)(H,68,80)(H,74,75)(H,76,77)(H4,59,60,63)(H4,61,62,64)/t35?,36-,37+,38+,39+,40+,42-,43-,50-/m0/s1. The highest BCUT2D eigenvalue weighted by molar-refractivity contribution is 5.98. The van der Waals surface area contributed by atoms with E-state index >= 15 is 0 Å². The lowest BCUT2D eigenvalue weighted by atomic mass is 9.86. The summed E-state index contributed by atoms with van der Waals surface area (Å²) < 4.78 is 0. The molecule has 0 rings (SSSR count). The molecule has 0 aliphatic rings. The fourth-order valence-electron chi connectivity index (χ4n) is 9.43. The molecule has 1 unspecified atom stereocenters. The molecule has 4 amide bonds. The van der Waals surface area contributed by atoms with Gasteiger partial charge in [-0.15, -0.1) is 0 Å². The molecule has 0 aliphatic heterocycles. The van der Waals surface area contributed by atoms with Crippen molar-refractivity contribution in [2.24, 2.45) is 85.8 Å². The van der Waals surface area contributed by atoms with Gasteiger partial charge in [0.25, 0.3) is 0 Å². The number of carboxylic acid groups (broad SMARTS) is 2. The van der Waals surface area contributed by atoms with Crippen molar-refractivity contribution in [1.29, 1.82) is 0 Å². The van der Waals surface area contributed by atoms with Gasteiger partial charge in [-0.2, -0.15) is 0 Å². The van der Waals surface area contributed by atoms with Crippen LogP contribution in [0.25, 0.3) is 0 Å². The van der Waals surface area contributed by atoms with E-state index in [2.05, 4.69) is 31.3 Å². The maximum absolute atomic E-state index is 14.3. The number of nitrogens with two attached hydrogens (primary N) is 6. The first-order valence-corrected chi connectivity index (χ1v) is 29.0. The number of guanidine groups is 2. The molecular weight excluding hydrogens is 1050 g/mol. The van der Waals surface area contributed by atoms with Crippen molar-refractivity contribution in [2.75, 3.05) is 32.7 Å². The number of nitrogens with one attached hydrogen (secondary N) is 4. The van der Waals surface area contributed by atoms with Crippen LogP contribution < -0.4 is 55.7 Å². The highest BCUT2D eigenvalue weighted by atomic mass is 16.4. The Morgan fingerprint density at radius 2 is 0.963 bits per heavy atom. The minimum absolute atomic E-state index is 0.0276. The van der Waals surface area contributed by atoms with E-state index in [1.54, 1.807) is 13.8 Å². The van der Waals surface area contributed by atoms with Gasteiger partial charge in [0.1, 0.15) is 5.78 Å². The Bertz CT molecular complexity index is 2080. The molecule has 0 aliphatic carbocycles. The van der Waals surface area contributed by atoms with Crippen LogP contribution in [-0.4, -0.2) is 137 Å². The highest BCUT2D eigenvalue weighted by Crippen LogP contribution is 2.24. The molecule has 0 spiro atoms. The van der Waals surface area contributed by atoms with Gasteiger partial charge >= 0.3 is 11.9 Å². The molecule has 0 saturated heterocycles. The summed E-state index contributed by atoms with van der Waals surface area (Å²) in [6.45, 7) is 10.8. The Hall–Kier alpha value is -6.37. The summed E-state index contributed by atoms with van der Waals surface area (Å²) in [5.41, 5.74) is 33.3. The number of hydrogen-bond acceptors (Lipinski definition) is 15. The topological polar surface area (TPSA) is 457 Å². The number of carboxylic acids is 2. The van der Waals surface area contributed by atoms with Gasteiger partial charge in [-0.05, 0) is 89.0 Å². The second-order valence-electron chi connectivity index (χ2n) is 21.7. The number of rotatable bonds is 49. The zero-order valence-electron chi connectivity index (χ0n) is 49.1. The monoisotopic (exact) mass is 1150 g/mol. The molecule has 9 atom stereocenters. The van der Waals surface area contributed by atoms with Crippen LogP contribution in [0.15, 0.2) is 9.98 Å².